The van der Waals surface area contributed by atoms with E-state index in [2.05, 4.69) is 21.2 Å². The van der Waals surface area contributed by atoms with E-state index < -0.39 is 6.10 Å². The lowest BCUT2D eigenvalue weighted by atomic mass is 9.89. The van der Waals surface area contributed by atoms with Crippen molar-refractivity contribution in [3.63, 3.8) is 0 Å². The summed E-state index contributed by atoms with van der Waals surface area (Å²) in [7, 11) is 0. The molecule has 1 fully saturated rings. The number of hydrogen-bond donors (Lipinski definition) is 1. The molecule has 2 rings (SSSR count). The van der Waals surface area contributed by atoms with Crippen molar-refractivity contribution in [1.29, 1.82) is 0 Å². The van der Waals surface area contributed by atoms with E-state index in [1.165, 1.54) is 32.1 Å². The van der Waals surface area contributed by atoms with Gasteiger partial charge in [0.1, 0.15) is 5.75 Å². The van der Waals surface area contributed by atoms with Crippen molar-refractivity contribution < 1.29 is 9.53 Å². The number of carbonyl (C=O) groups is 1. The third kappa shape index (κ3) is 4.82. The maximum atomic E-state index is 12.0. The van der Waals surface area contributed by atoms with Crippen molar-refractivity contribution in [3.8, 4) is 5.75 Å². The van der Waals surface area contributed by atoms with Gasteiger partial charge in [0.25, 0.3) is 5.91 Å². The lowest BCUT2D eigenvalue weighted by molar-refractivity contribution is -0.127. The minimum absolute atomic E-state index is 0.0292. The smallest absolute Gasteiger partial charge is 0.260 e. The summed E-state index contributed by atoms with van der Waals surface area (Å²) in [6.07, 6.45) is 5.95. The van der Waals surface area contributed by atoms with E-state index in [1.54, 1.807) is 6.92 Å². The van der Waals surface area contributed by atoms with Crippen molar-refractivity contribution in [2.45, 2.75) is 45.1 Å². The van der Waals surface area contributed by atoms with Crippen LogP contribution in [0.4, 0.5) is 0 Å². The number of amides is 1. The summed E-state index contributed by atoms with van der Waals surface area (Å²) in [5.41, 5.74) is 0. The molecule has 0 saturated heterocycles. The number of carbonyl (C=O) groups excluding carboxylic acids is 1. The molecule has 0 spiro atoms. The SMILES string of the molecule is CC(Oc1ccc(Br)cc1)C(=O)NCC1CCCCC1. The molecule has 0 aliphatic heterocycles. The van der Waals surface area contributed by atoms with E-state index in [-0.39, 0.29) is 5.91 Å². The van der Waals surface area contributed by atoms with Gasteiger partial charge in [-0.05, 0) is 49.9 Å². The lowest BCUT2D eigenvalue weighted by Gasteiger charge is -2.22. The summed E-state index contributed by atoms with van der Waals surface area (Å²) in [5, 5.41) is 3.01. The third-order valence-corrected chi connectivity index (χ3v) is 4.31. The summed E-state index contributed by atoms with van der Waals surface area (Å²) >= 11 is 3.37. The Bertz CT molecular complexity index is 427. The molecule has 20 heavy (non-hydrogen) atoms. The molecule has 110 valence electrons. The summed E-state index contributed by atoms with van der Waals surface area (Å²) in [6, 6.07) is 7.52. The first kappa shape index (κ1) is 15.4. The monoisotopic (exact) mass is 339 g/mol. The zero-order valence-corrected chi connectivity index (χ0v) is 13.5. The van der Waals surface area contributed by atoms with Gasteiger partial charge in [-0.15, -0.1) is 0 Å². The fourth-order valence-electron chi connectivity index (χ4n) is 2.55. The van der Waals surface area contributed by atoms with Crippen LogP contribution in [0.3, 0.4) is 0 Å². The van der Waals surface area contributed by atoms with Crippen LogP contribution in [0, 0.1) is 5.92 Å². The standard InChI is InChI=1S/C16H22BrNO2/c1-12(20-15-9-7-14(17)8-10-15)16(19)18-11-13-5-3-2-4-6-13/h7-10,12-13H,2-6,11H2,1H3,(H,18,19). The molecule has 1 amide bonds. The first-order chi connectivity index (χ1) is 9.65. The van der Waals surface area contributed by atoms with Gasteiger partial charge in [-0.3, -0.25) is 4.79 Å². The van der Waals surface area contributed by atoms with Gasteiger partial charge in [-0.2, -0.15) is 0 Å². The summed E-state index contributed by atoms with van der Waals surface area (Å²) in [4.78, 5) is 12.0. The average Bonchev–Trinajstić information content (AvgIpc) is 2.48. The Kier molecular flexibility index (Phi) is 5.89. The minimum Gasteiger partial charge on any atom is -0.481 e. The van der Waals surface area contributed by atoms with E-state index in [0.29, 0.717) is 11.7 Å². The molecule has 3 nitrogen and oxygen atoms in total. The molecule has 0 heterocycles. The van der Waals surface area contributed by atoms with Crippen molar-refractivity contribution >= 4 is 21.8 Å². The van der Waals surface area contributed by atoms with Crippen LogP contribution in [-0.4, -0.2) is 18.6 Å². The molecule has 0 radical (unpaired) electrons. The van der Waals surface area contributed by atoms with Crippen LogP contribution in [0.2, 0.25) is 0 Å². The third-order valence-electron chi connectivity index (χ3n) is 3.79. The fourth-order valence-corrected chi connectivity index (χ4v) is 2.82. The van der Waals surface area contributed by atoms with Gasteiger partial charge in [0.2, 0.25) is 0 Å². The minimum atomic E-state index is -0.459. The maximum absolute atomic E-state index is 12.0. The molecule has 1 N–H and O–H groups in total. The highest BCUT2D eigenvalue weighted by atomic mass is 79.9. The number of benzene rings is 1. The maximum Gasteiger partial charge on any atom is 0.260 e. The molecular formula is C16H22BrNO2. The summed E-state index contributed by atoms with van der Waals surface area (Å²) in [6.45, 7) is 2.57. The highest BCUT2D eigenvalue weighted by Gasteiger charge is 2.18. The first-order valence-corrected chi connectivity index (χ1v) is 8.14. The zero-order valence-electron chi connectivity index (χ0n) is 11.9. The number of halogens is 1. The molecule has 1 atom stereocenters. The highest BCUT2D eigenvalue weighted by Crippen LogP contribution is 2.23. The Labute approximate surface area is 129 Å². The molecule has 1 aromatic carbocycles. The van der Waals surface area contributed by atoms with Gasteiger partial charge < -0.3 is 10.1 Å². The second-order valence-electron chi connectivity index (χ2n) is 5.46. The van der Waals surface area contributed by atoms with Gasteiger partial charge in [-0.25, -0.2) is 0 Å². The molecular weight excluding hydrogens is 318 g/mol. The van der Waals surface area contributed by atoms with Gasteiger partial charge in [-0.1, -0.05) is 35.2 Å². The predicted octanol–water partition coefficient (Wildman–Crippen LogP) is 3.91. The largest absolute Gasteiger partial charge is 0.481 e. The van der Waals surface area contributed by atoms with Crippen LogP contribution < -0.4 is 10.1 Å². The molecule has 1 aliphatic rings. The molecule has 1 unspecified atom stereocenters. The van der Waals surface area contributed by atoms with Gasteiger partial charge in [0.15, 0.2) is 6.10 Å². The Hall–Kier alpha value is -1.03. The molecule has 1 aromatic rings. The van der Waals surface area contributed by atoms with E-state index in [0.717, 1.165) is 11.0 Å². The van der Waals surface area contributed by atoms with Crippen LogP contribution in [0.5, 0.6) is 5.75 Å². The molecule has 0 bridgehead atoms. The van der Waals surface area contributed by atoms with Gasteiger partial charge >= 0.3 is 0 Å². The second kappa shape index (κ2) is 7.67. The van der Waals surface area contributed by atoms with Crippen LogP contribution in [0.25, 0.3) is 0 Å². The van der Waals surface area contributed by atoms with Crippen LogP contribution >= 0.6 is 15.9 Å². The molecule has 4 heteroatoms. The van der Waals surface area contributed by atoms with Crippen LogP contribution in [0.1, 0.15) is 39.0 Å². The molecule has 0 aromatic heterocycles. The topological polar surface area (TPSA) is 38.3 Å². The van der Waals surface area contributed by atoms with Crippen LogP contribution in [0.15, 0.2) is 28.7 Å². The second-order valence-corrected chi connectivity index (χ2v) is 6.38. The summed E-state index contributed by atoms with van der Waals surface area (Å²) in [5.74, 6) is 1.33. The normalized spacial score (nSPS) is 17.5. The number of rotatable bonds is 5. The Morgan fingerprint density at radius 1 is 1.30 bits per heavy atom. The Morgan fingerprint density at radius 3 is 2.60 bits per heavy atom. The van der Waals surface area contributed by atoms with Crippen molar-refractivity contribution in [2.24, 2.45) is 5.92 Å². The van der Waals surface area contributed by atoms with E-state index in [4.69, 9.17) is 4.74 Å². The van der Waals surface area contributed by atoms with E-state index in [9.17, 15) is 4.79 Å². The molecule has 1 saturated carbocycles. The zero-order chi connectivity index (χ0) is 14.4. The highest BCUT2D eigenvalue weighted by molar-refractivity contribution is 9.10. The Balaban J connectivity index is 1.75. The van der Waals surface area contributed by atoms with E-state index >= 15 is 0 Å². The van der Waals surface area contributed by atoms with Crippen LogP contribution in [-0.2, 0) is 4.79 Å². The first-order valence-electron chi connectivity index (χ1n) is 7.35. The lowest BCUT2D eigenvalue weighted by Crippen LogP contribution is -2.39. The predicted molar refractivity (Wildman–Crippen MR) is 83.8 cm³/mol. The fraction of sp³-hybridized carbons (Fsp3) is 0.562. The molecule has 1 aliphatic carbocycles. The number of ether oxygens (including phenoxy) is 1. The van der Waals surface area contributed by atoms with E-state index in [1.807, 2.05) is 24.3 Å². The number of hydrogen-bond acceptors (Lipinski definition) is 2. The quantitative estimate of drug-likeness (QED) is 0.882. The Morgan fingerprint density at radius 2 is 1.95 bits per heavy atom. The van der Waals surface area contributed by atoms with Crippen molar-refractivity contribution in [1.82, 2.24) is 5.32 Å². The summed E-state index contributed by atoms with van der Waals surface area (Å²) < 4.78 is 6.64. The average molecular weight is 340 g/mol. The number of nitrogens with one attached hydrogen (secondary N) is 1. The van der Waals surface area contributed by atoms with Gasteiger partial charge in [0, 0.05) is 11.0 Å². The van der Waals surface area contributed by atoms with Crippen molar-refractivity contribution in [3.05, 3.63) is 28.7 Å². The van der Waals surface area contributed by atoms with Gasteiger partial charge in [0.05, 0.1) is 0 Å². The van der Waals surface area contributed by atoms with Crippen molar-refractivity contribution in [2.75, 3.05) is 6.54 Å².